The van der Waals surface area contributed by atoms with Crippen molar-refractivity contribution in [3.63, 3.8) is 0 Å². The Labute approximate surface area is 138 Å². The number of benzene rings is 2. The summed E-state index contributed by atoms with van der Waals surface area (Å²) in [5.41, 5.74) is 8.36. The minimum atomic E-state index is -0.247. The van der Waals surface area contributed by atoms with Gasteiger partial charge in [-0.05, 0) is 47.8 Å². The summed E-state index contributed by atoms with van der Waals surface area (Å²) < 4.78 is 21.9. The molecule has 0 aliphatic carbocycles. The number of halogens is 1. The van der Waals surface area contributed by atoms with Crippen molar-refractivity contribution in [2.45, 2.75) is 4.90 Å². The molecule has 3 aromatic rings. The van der Waals surface area contributed by atoms with Crippen LogP contribution in [0.25, 0.3) is 22.0 Å². The summed E-state index contributed by atoms with van der Waals surface area (Å²) in [6.07, 6.45) is 1.90. The fourth-order valence-electron chi connectivity index (χ4n) is 2.45. The van der Waals surface area contributed by atoms with Gasteiger partial charge in [0, 0.05) is 35.8 Å². The fourth-order valence-corrected chi connectivity index (χ4v) is 3.26. The van der Waals surface area contributed by atoms with E-state index in [1.54, 1.807) is 13.2 Å². The Hall–Kier alpha value is -2.02. The van der Waals surface area contributed by atoms with Crippen LogP contribution in [0.15, 0.2) is 47.5 Å². The third kappa shape index (κ3) is 3.34. The second-order valence-electron chi connectivity index (χ2n) is 5.04. The molecule has 0 bridgehead atoms. The number of nitrogens with one attached hydrogen (secondary N) is 2. The lowest BCUT2D eigenvalue weighted by Gasteiger charge is -2.10. The van der Waals surface area contributed by atoms with Crippen molar-refractivity contribution in [2.24, 2.45) is 5.73 Å². The van der Waals surface area contributed by atoms with E-state index in [0.717, 1.165) is 32.7 Å². The van der Waals surface area contributed by atoms with Gasteiger partial charge in [-0.3, -0.25) is 4.72 Å². The monoisotopic (exact) mass is 331 g/mol. The molecule has 120 valence electrons. The number of rotatable bonds is 6. The van der Waals surface area contributed by atoms with E-state index in [1.165, 1.54) is 24.1 Å². The second kappa shape index (κ2) is 7.04. The van der Waals surface area contributed by atoms with Crippen LogP contribution in [0.4, 0.5) is 4.39 Å². The summed E-state index contributed by atoms with van der Waals surface area (Å²) in [5, 5.41) is 0.988. The van der Waals surface area contributed by atoms with Crippen molar-refractivity contribution in [3.8, 4) is 16.9 Å². The zero-order chi connectivity index (χ0) is 16.2. The summed E-state index contributed by atoms with van der Waals surface area (Å²) in [7, 11) is 1.65. The van der Waals surface area contributed by atoms with Gasteiger partial charge in [0.1, 0.15) is 11.6 Å². The van der Waals surface area contributed by atoms with Gasteiger partial charge in [-0.2, -0.15) is 0 Å². The zero-order valence-corrected chi connectivity index (χ0v) is 13.5. The molecule has 4 nitrogen and oxygen atoms in total. The largest absolute Gasteiger partial charge is 0.496 e. The van der Waals surface area contributed by atoms with E-state index in [9.17, 15) is 4.39 Å². The van der Waals surface area contributed by atoms with Crippen molar-refractivity contribution in [2.75, 3.05) is 20.2 Å². The Bertz CT molecular complexity index is 819. The molecule has 0 spiro atoms. The first-order chi connectivity index (χ1) is 11.2. The van der Waals surface area contributed by atoms with Crippen LogP contribution in [0.5, 0.6) is 5.75 Å². The van der Waals surface area contributed by atoms with Crippen molar-refractivity contribution < 1.29 is 9.13 Å². The van der Waals surface area contributed by atoms with E-state index in [2.05, 4.69) is 15.8 Å². The standard InChI is InChI=1S/C17H18FN3OS/c1-22-16-5-2-11(8-17(16)23-21-7-6-19)14-10-20-15-9-12(18)3-4-13(14)15/h2-5,8-10,20-21H,6-7,19H2,1H3. The van der Waals surface area contributed by atoms with Crippen LogP contribution in [0.2, 0.25) is 0 Å². The van der Waals surface area contributed by atoms with Gasteiger partial charge >= 0.3 is 0 Å². The average molecular weight is 331 g/mol. The van der Waals surface area contributed by atoms with Gasteiger partial charge in [-0.25, -0.2) is 4.39 Å². The SMILES string of the molecule is COc1ccc(-c2c[nH]c3cc(F)ccc23)cc1SNCCN. The Balaban J connectivity index is 1.99. The molecule has 0 unspecified atom stereocenters. The molecular weight excluding hydrogens is 313 g/mol. The molecule has 6 heteroatoms. The van der Waals surface area contributed by atoms with Gasteiger partial charge in [0.25, 0.3) is 0 Å². The van der Waals surface area contributed by atoms with Crippen molar-refractivity contribution in [1.29, 1.82) is 0 Å². The van der Waals surface area contributed by atoms with E-state index >= 15 is 0 Å². The molecule has 0 saturated carbocycles. The predicted octanol–water partition coefficient (Wildman–Crippen LogP) is 3.54. The first kappa shape index (κ1) is 15.9. The number of nitrogens with two attached hydrogens (primary N) is 1. The van der Waals surface area contributed by atoms with E-state index in [0.29, 0.717) is 13.1 Å². The molecule has 0 saturated heterocycles. The Kier molecular flexibility index (Phi) is 4.85. The highest BCUT2D eigenvalue weighted by Crippen LogP contribution is 2.35. The number of methoxy groups -OCH3 is 1. The topological polar surface area (TPSA) is 63.1 Å². The normalized spacial score (nSPS) is 11.1. The molecule has 1 aromatic heterocycles. The lowest BCUT2D eigenvalue weighted by Crippen LogP contribution is -2.15. The van der Waals surface area contributed by atoms with Crippen LogP contribution in [0.1, 0.15) is 0 Å². The first-order valence-corrected chi connectivity index (χ1v) is 8.09. The van der Waals surface area contributed by atoms with Gasteiger partial charge in [-0.15, -0.1) is 0 Å². The summed E-state index contributed by atoms with van der Waals surface area (Å²) in [6.45, 7) is 1.29. The minimum absolute atomic E-state index is 0.247. The summed E-state index contributed by atoms with van der Waals surface area (Å²) in [4.78, 5) is 4.10. The lowest BCUT2D eigenvalue weighted by molar-refractivity contribution is 0.405. The molecule has 1 heterocycles. The molecule has 0 radical (unpaired) electrons. The highest BCUT2D eigenvalue weighted by Gasteiger charge is 2.11. The van der Waals surface area contributed by atoms with Gasteiger partial charge in [0.15, 0.2) is 0 Å². The quantitative estimate of drug-likeness (QED) is 0.477. The predicted molar refractivity (Wildman–Crippen MR) is 93.2 cm³/mol. The van der Waals surface area contributed by atoms with Gasteiger partial charge < -0.3 is 15.5 Å². The highest BCUT2D eigenvalue weighted by molar-refractivity contribution is 7.97. The van der Waals surface area contributed by atoms with Crippen LogP contribution >= 0.6 is 11.9 Å². The molecule has 0 amide bonds. The summed E-state index contributed by atoms with van der Waals surface area (Å²) in [5.74, 6) is 0.553. The molecule has 0 atom stereocenters. The van der Waals surface area contributed by atoms with Crippen LogP contribution < -0.4 is 15.2 Å². The van der Waals surface area contributed by atoms with Crippen LogP contribution in [0.3, 0.4) is 0 Å². The van der Waals surface area contributed by atoms with E-state index in [4.69, 9.17) is 10.5 Å². The third-order valence-corrected chi connectivity index (χ3v) is 4.43. The van der Waals surface area contributed by atoms with Crippen LogP contribution in [-0.2, 0) is 0 Å². The van der Waals surface area contributed by atoms with Crippen LogP contribution in [0, 0.1) is 5.82 Å². The third-order valence-electron chi connectivity index (χ3n) is 3.55. The van der Waals surface area contributed by atoms with Crippen molar-refractivity contribution in [3.05, 3.63) is 48.4 Å². The first-order valence-electron chi connectivity index (χ1n) is 7.27. The average Bonchev–Trinajstić information content (AvgIpc) is 2.98. The van der Waals surface area contributed by atoms with E-state index in [-0.39, 0.29) is 5.82 Å². The maximum Gasteiger partial charge on any atom is 0.133 e. The number of ether oxygens (including phenoxy) is 1. The molecule has 0 fully saturated rings. The number of H-pyrrole nitrogens is 1. The number of aromatic amines is 1. The van der Waals surface area contributed by atoms with E-state index in [1.807, 2.05) is 18.3 Å². The smallest absolute Gasteiger partial charge is 0.133 e. The second-order valence-corrected chi connectivity index (χ2v) is 5.98. The summed E-state index contributed by atoms with van der Waals surface area (Å²) in [6, 6.07) is 10.8. The maximum atomic E-state index is 13.3. The van der Waals surface area contributed by atoms with Crippen molar-refractivity contribution in [1.82, 2.24) is 9.71 Å². The van der Waals surface area contributed by atoms with Crippen LogP contribution in [-0.4, -0.2) is 25.2 Å². The van der Waals surface area contributed by atoms with E-state index < -0.39 is 0 Å². The fraction of sp³-hybridized carbons (Fsp3) is 0.176. The molecule has 0 aliphatic heterocycles. The Morgan fingerprint density at radius 2 is 2.13 bits per heavy atom. The number of aromatic nitrogens is 1. The Morgan fingerprint density at radius 1 is 1.26 bits per heavy atom. The number of hydrogen-bond donors (Lipinski definition) is 3. The van der Waals surface area contributed by atoms with Crippen molar-refractivity contribution >= 4 is 22.9 Å². The Morgan fingerprint density at radius 3 is 2.91 bits per heavy atom. The molecule has 4 N–H and O–H groups in total. The maximum absolute atomic E-state index is 13.3. The molecule has 0 aliphatic rings. The number of hydrogen-bond acceptors (Lipinski definition) is 4. The molecular formula is C17H18FN3OS. The molecule has 3 rings (SSSR count). The number of fused-ring (bicyclic) bond motifs is 1. The highest BCUT2D eigenvalue weighted by atomic mass is 32.2. The molecule has 2 aromatic carbocycles. The van der Waals surface area contributed by atoms with Gasteiger partial charge in [-0.1, -0.05) is 6.07 Å². The summed E-state index contributed by atoms with van der Waals surface area (Å²) >= 11 is 1.49. The minimum Gasteiger partial charge on any atom is -0.496 e. The lowest BCUT2D eigenvalue weighted by atomic mass is 10.0. The zero-order valence-electron chi connectivity index (χ0n) is 12.7. The molecule has 23 heavy (non-hydrogen) atoms. The van der Waals surface area contributed by atoms with Gasteiger partial charge in [0.05, 0.1) is 12.0 Å². The van der Waals surface area contributed by atoms with Gasteiger partial charge in [0.2, 0.25) is 0 Å².